The first-order chi connectivity index (χ1) is 38.4. The van der Waals surface area contributed by atoms with Crippen molar-refractivity contribution >= 4 is 84.9 Å². The summed E-state index contributed by atoms with van der Waals surface area (Å²) in [4.78, 5) is 3.38. The smallest absolute Gasteiger partial charge is 0.337 e. The van der Waals surface area contributed by atoms with Crippen molar-refractivity contribution in [2.75, 3.05) is 9.80 Å². The van der Waals surface area contributed by atoms with Crippen LogP contribution in [0.2, 0.25) is 0 Å². The Morgan fingerprint density at radius 1 is 0.522 bits per heavy atom. The Kier molecular flexibility index (Phi) is 6.13. The maximum atomic E-state index is 9.48. The number of anilines is 6. The van der Waals surface area contributed by atoms with Crippen molar-refractivity contribution in [2.24, 2.45) is 0 Å². The van der Waals surface area contributed by atoms with Crippen molar-refractivity contribution in [2.45, 2.75) is 78.6 Å². The molecule has 0 saturated heterocycles. The van der Waals surface area contributed by atoms with Gasteiger partial charge in [-0.25, -0.2) is 0 Å². The highest BCUT2D eigenvalue weighted by molar-refractivity contribution is 6.91. The monoisotopic (exact) mass is 885 g/mol. The molecule has 67 heavy (non-hydrogen) atoms. The highest BCUT2D eigenvalue weighted by Gasteiger charge is 2.47. The summed E-state index contributed by atoms with van der Waals surface area (Å²) in [6.45, 7) is 18.4. The van der Waals surface area contributed by atoms with Crippen LogP contribution in [0.3, 0.4) is 0 Å². The number of fused-ring (bicyclic) bond motifs is 9. The second kappa shape index (κ2) is 14.6. The number of hydrogen-bond acceptors (Lipinski definition) is 3. The molecule has 2 aliphatic rings. The van der Waals surface area contributed by atoms with Crippen molar-refractivity contribution in [3.05, 3.63) is 192 Å². The number of nitrogens with zero attached hydrogens (tertiary/aromatic N) is 3. The topological polar surface area (TPSA) is 24.6 Å². The van der Waals surface area contributed by atoms with Crippen LogP contribution >= 0.6 is 0 Å². The van der Waals surface area contributed by atoms with Crippen molar-refractivity contribution in [3.63, 3.8) is 0 Å². The lowest BCUT2D eigenvalue weighted by atomic mass is 9.45. The first-order valence-electron chi connectivity index (χ1n) is 30.1. The van der Waals surface area contributed by atoms with Gasteiger partial charge in [0.15, 0.2) is 0 Å². The molecular weight excluding hydrogens is 814 g/mol. The van der Waals surface area contributed by atoms with Gasteiger partial charge in [0.25, 0.3) is 0 Å². The molecule has 4 heterocycles. The van der Waals surface area contributed by atoms with E-state index < -0.39 is 108 Å². The zero-order valence-corrected chi connectivity index (χ0v) is 38.9. The second-order valence-corrected chi connectivity index (χ2v) is 20.8. The molecule has 0 aliphatic carbocycles. The van der Waals surface area contributed by atoms with Gasteiger partial charge < -0.3 is 13.8 Å². The maximum Gasteiger partial charge on any atom is 0.337 e. The van der Waals surface area contributed by atoms with E-state index in [4.69, 9.17) is 19.5 Å². The predicted octanol–water partition coefficient (Wildman–Crippen LogP) is 16.0. The Hall–Kier alpha value is -7.24. The van der Waals surface area contributed by atoms with Crippen molar-refractivity contribution in [1.29, 1.82) is 0 Å². The minimum absolute atomic E-state index is 0.0201. The van der Waals surface area contributed by atoms with E-state index in [1.807, 2.05) is 18.2 Å². The van der Waals surface area contributed by atoms with Crippen LogP contribution in [0.25, 0.3) is 55.0 Å². The van der Waals surface area contributed by atoms with Gasteiger partial charge in [-0.1, -0.05) is 165 Å². The zero-order valence-electron chi connectivity index (χ0n) is 53.9. The third-order valence-corrected chi connectivity index (χ3v) is 13.5. The Morgan fingerprint density at radius 3 is 1.76 bits per heavy atom. The minimum Gasteiger partial charge on any atom is -0.440 e. The lowest BCUT2D eigenvalue weighted by molar-refractivity contribution is 0.589. The standard InChI is InChI=1S/C62H56BN3O/c1-60(2,3)41-26-29-46(30-27-41)65-53-38-43(62(7,8)9)37-48-47-31-33-52(64(44-21-15-11-16-22-44)45-23-17-12-18-24-45)55-49-36-42(61(4,5)6)28-32-51(49)66(58(47)55)63(56(48)53)57-50-35-40(39-19-13-10-14-20-39)25-34-54(50)67-59(57)65/h10-38H,1-9H3/i10D,11D,12D,13D,14D,15D,16D,17D,18D,19D,20D,21D,22D,23D,24D. The molecule has 0 N–H and O–H groups in total. The Morgan fingerprint density at radius 2 is 1.13 bits per heavy atom. The third-order valence-electron chi connectivity index (χ3n) is 13.5. The fourth-order valence-corrected chi connectivity index (χ4v) is 10.1. The third kappa shape index (κ3) is 6.42. The fourth-order valence-electron chi connectivity index (χ4n) is 10.1. The summed E-state index contributed by atoms with van der Waals surface area (Å²) in [7, 11) is 0. The zero-order chi connectivity index (χ0) is 59.2. The minimum atomic E-state index is -0.756. The van der Waals surface area contributed by atoms with Crippen LogP contribution in [-0.4, -0.2) is 11.3 Å². The summed E-state index contributed by atoms with van der Waals surface area (Å²) in [5.41, 5.74) is 8.30. The molecule has 0 amide bonds. The SMILES string of the molecule is [2H]c1c([2H])c([2H])c(-c2ccc3oc4c(c3c2)B2c3c(cc(C(C)(C)C)cc3N4c3ccc(C(C)(C)C)cc3)-c3ccc(N(c4c([2H])c([2H])c([2H])c([2H])c4[2H])c4c([2H])c([2H])c([2H])c([2H])c4[2H])c4c5cc(C(C)(C)C)ccc5n2c34)c([2H])c1[2H]. The summed E-state index contributed by atoms with van der Waals surface area (Å²) in [5.74, 6) is 0.465. The molecule has 328 valence electrons. The molecule has 2 aliphatic heterocycles. The molecule has 0 fully saturated rings. The highest BCUT2D eigenvalue weighted by Crippen LogP contribution is 2.52. The molecule has 0 bridgehead atoms. The summed E-state index contributed by atoms with van der Waals surface area (Å²) in [5, 5.41) is 1.75. The van der Waals surface area contributed by atoms with Crippen molar-refractivity contribution in [3.8, 4) is 22.3 Å². The summed E-state index contributed by atoms with van der Waals surface area (Å²) in [6, 6.07) is 19.0. The molecule has 4 nitrogen and oxygen atoms in total. The Bertz CT molecular complexity index is 4330. The molecule has 10 aromatic rings. The number of rotatable bonds is 5. The van der Waals surface area contributed by atoms with Gasteiger partial charge in [0.2, 0.25) is 5.88 Å². The number of hydrogen-bond donors (Lipinski definition) is 0. The van der Waals surface area contributed by atoms with Crippen LogP contribution in [0.4, 0.5) is 34.3 Å². The molecule has 12 rings (SSSR count). The predicted molar refractivity (Wildman–Crippen MR) is 286 cm³/mol. The molecule has 0 atom stereocenters. The molecule has 5 heteroatoms. The summed E-state index contributed by atoms with van der Waals surface area (Å²) < 4.78 is 144. The van der Waals surface area contributed by atoms with Gasteiger partial charge in [0.05, 0.1) is 26.2 Å². The number of benzene rings is 8. The van der Waals surface area contributed by atoms with Crippen molar-refractivity contribution < 1.29 is 25.0 Å². The molecule has 0 unspecified atom stereocenters. The second-order valence-electron chi connectivity index (χ2n) is 20.8. The van der Waals surface area contributed by atoms with E-state index in [9.17, 15) is 5.48 Å². The molecule has 0 radical (unpaired) electrons. The molecule has 0 saturated carbocycles. The average Bonchev–Trinajstić information content (AvgIpc) is 1.50. The van der Waals surface area contributed by atoms with Crippen LogP contribution in [0, 0.1) is 0 Å². The van der Waals surface area contributed by atoms with E-state index in [1.54, 1.807) is 18.2 Å². The van der Waals surface area contributed by atoms with Gasteiger partial charge in [0, 0.05) is 61.0 Å². The van der Waals surface area contributed by atoms with Crippen LogP contribution in [0.15, 0.2) is 180 Å². The molecule has 0 spiro atoms. The van der Waals surface area contributed by atoms with Crippen molar-refractivity contribution in [1.82, 2.24) is 4.48 Å². The number of furan rings is 1. The quantitative estimate of drug-likeness (QED) is 0.161. The summed E-state index contributed by atoms with van der Waals surface area (Å²) in [6.07, 6.45) is 0. The van der Waals surface area contributed by atoms with E-state index in [-0.39, 0.29) is 28.8 Å². The molecular formula is C62H56BN3O. The van der Waals surface area contributed by atoms with E-state index in [0.717, 1.165) is 44.7 Å². The lowest BCUT2D eigenvalue weighted by Gasteiger charge is -2.39. The maximum absolute atomic E-state index is 9.48. The largest absolute Gasteiger partial charge is 0.440 e. The summed E-state index contributed by atoms with van der Waals surface area (Å²) >= 11 is 0. The normalized spacial score (nSPS) is 16.5. The molecule has 2 aromatic heterocycles. The fraction of sp³-hybridized carbons (Fsp3) is 0.194. The van der Waals surface area contributed by atoms with Gasteiger partial charge in [-0.15, -0.1) is 0 Å². The van der Waals surface area contributed by atoms with E-state index in [0.29, 0.717) is 49.7 Å². The average molecular weight is 885 g/mol. The molecule has 8 aromatic carbocycles. The number of aromatic nitrogens is 1. The van der Waals surface area contributed by atoms with Gasteiger partial charge in [-0.05, 0) is 128 Å². The van der Waals surface area contributed by atoms with Gasteiger partial charge in [0.1, 0.15) is 5.58 Å². The van der Waals surface area contributed by atoms with Crippen LogP contribution in [-0.2, 0) is 16.2 Å². The van der Waals surface area contributed by atoms with Gasteiger partial charge in [-0.2, -0.15) is 0 Å². The highest BCUT2D eigenvalue weighted by atomic mass is 16.4. The van der Waals surface area contributed by atoms with Crippen LogP contribution < -0.4 is 20.7 Å². The van der Waals surface area contributed by atoms with Gasteiger partial charge in [-0.3, -0.25) is 4.90 Å². The first-order valence-corrected chi connectivity index (χ1v) is 22.6. The lowest BCUT2D eigenvalue weighted by Crippen LogP contribution is -2.56. The van der Waals surface area contributed by atoms with E-state index in [2.05, 4.69) is 120 Å². The van der Waals surface area contributed by atoms with Crippen LogP contribution in [0.5, 0.6) is 0 Å². The first kappa shape index (κ1) is 28.1. The van der Waals surface area contributed by atoms with E-state index in [1.165, 1.54) is 4.90 Å². The number of para-hydroxylation sites is 2. The Balaban J connectivity index is 1.30. The van der Waals surface area contributed by atoms with Gasteiger partial charge >= 0.3 is 6.85 Å². The van der Waals surface area contributed by atoms with E-state index >= 15 is 0 Å². The van der Waals surface area contributed by atoms with Crippen LogP contribution in [0.1, 0.15) is 99.6 Å². The Labute approximate surface area is 416 Å².